The molecule has 0 aromatic rings. The highest BCUT2D eigenvalue weighted by atomic mass is 16.5. The van der Waals surface area contributed by atoms with Crippen molar-refractivity contribution in [3.05, 3.63) is 0 Å². The van der Waals surface area contributed by atoms with Crippen LogP contribution in [-0.4, -0.2) is 37.5 Å². The molecule has 1 N–H and O–H groups in total. The van der Waals surface area contributed by atoms with E-state index in [0.717, 1.165) is 0 Å². The van der Waals surface area contributed by atoms with E-state index in [4.69, 9.17) is 10.00 Å². The number of methoxy groups -OCH3 is 1. The van der Waals surface area contributed by atoms with Crippen LogP contribution < -0.4 is 0 Å². The Morgan fingerprint density at radius 1 is 1.85 bits per heavy atom. The first-order chi connectivity index (χ1) is 6.16. The van der Waals surface area contributed by atoms with Gasteiger partial charge in [-0.05, 0) is 6.42 Å². The fourth-order valence-electron chi connectivity index (χ4n) is 1.28. The van der Waals surface area contributed by atoms with E-state index in [2.05, 4.69) is 4.74 Å². The van der Waals surface area contributed by atoms with Crippen LogP contribution in [0.2, 0.25) is 0 Å². The van der Waals surface area contributed by atoms with Crippen molar-refractivity contribution in [3.8, 4) is 6.07 Å². The number of rotatable bonds is 2. The fraction of sp³-hybridized carbons (Fsp3) is 0.750. The predicted octanol–water partition coefficient (Wildman–Crippen LogP) is -0.549. The maximum atomic E-state index is 11.0. The highest BCUT2D eigenvalue weighted by Crippen LogP contribution is 2.32. The first kappa shape index (κ1) is 9.96. The average Bonchev–Trinajstić information content (AvgIpc) is 2.65. The predicted molar refractivity (Wildman–Crippen MR) is 41.5 cm³/mol. The smallest absolute Gasteiger partial charge is 0.336 e. The lowest BCUT2D eigenvalue weighted by atomic mass is 9.83. The van der Waals surface area contributed by atoms with Gasteiger partial charge in [-0.2, -0.15) is 5.26 Å². The van der Waals surface area contributed by atoms with Gasteiger partial charge in [-0.3, -0.25) is 0 Å². The Morgan fingerprint density at radius 2 is 2.54 bits per heavy atom. The van der Waals surface area contributed by atoms with Crippen LogP contribution in [0.15, 0.2) is 0 Å². The molecule has 2 unspecified atom stereocenters. The van der Waals surface area contributed by atoms with Crippen molar-refractivity contribution in [3.63, 3.8) is 0 Å². The lowest BCUT2D eigenvalue weighted by Crippen LogP contribution is -2.41. The van der Waals surface area contributed by atoms with Crippen LogP contribution in [0.25, 0.3) is 0 Å². The standard InChI is InChI=1S/C8H11NO4/c1-12-7(11)6(10)8(4-9)2-3-13-5-8/h6,10H,2-3,5H2,1H3. The van der Waals surface area contributed by atoms with Gasteiger partial charge in [0.25, 0.3) is 0 Å². The Balaban J connectivity index is 2.77. The SMILES string of the molecule is COC(=O)C(O)C1(C#N)CCOC1. The lowest BCUT2D eigenvalue weighted by Gasteiger charge is -2.22. The van der Waals surface area contributed by atoms with E-state index >= 15 is 0 Å². The third-order valence-corrected chi connectivity index (χ3v) is 2.22. The average molecular weight is 185 g/mol. The number of hydrogen-bond donors (Lipinski definition) is 1. The lowest BCUT2D eigenvalue weighted by molar-refractivity contribution is -0.156. The van der Waals surface area contributed by atoms with Gasteiger partial charge in [0.15, 0.2) is 6.10 Å². The monoisotopic (exact) mass is 185 g/mol. The zero-order valence-electron chi connectivity index (χ0n) is 7.32. The highest BCUT2D eigenvalue weighted by Gasteiger charge is 2.46. The molecular formula is C8H11NO4. The number of carbonyl (C=O) groups is 1. The van der Waals surface area contributed by atoms with Crippen molar-refractivity contribution in [1.29, 1.82) is 5.26 Å². The van der Waals surface area contributed by atoms with Gasteiger partial charge in [0.1, 0.15) is 5.41 Å². The van der Waals surface area contributed by atoms with Crippen molar-refractivity contribution >= 4 is 5.97 Å². The molecule has 0 radical (unpaired) electrons. The summed E-state index contributed by atoms with van der Waals surface area (Å²) in [6.07, 6.45) is -1.05. The van der Waals surface area contributed by atoms with Gasteiger partial charge in [-0.25, -0.2) is 4.79 Å². The van der Waals surface area contributed by atoms with Gasteiger partial charge < -0.3 is 14.6 Å². The van der Waals surface area contributed by atoms with E-state index in [1.54, 1.807) is 0 Å². The van der Waals surface area contributed by atoms with E-state index in [0.29, 0.717) is 13.0 Å². The molecule has 0 aromatic carbocycles. The summed E-state index contributed by atoms with van der Waals surface area (Å²) in [4.78, 5) is 11.0. The van der Waals surface area contributed by atoms with Crippen LogP contribution in [0.1, 0.15) is 6.42 Å². The van der Waals surface area contributed by atoms with Crippen LogP contribution in [0.3, 0.4) is 0 Å². The topological polar surface area (TPSA) is 79.5 Å². The summed E-state index contributed by atoms with van der Waals surface area (Å²) in [5, 5.41) is 18.3. The van der Waals surface area contributed by atoms with Crippen molar-refractivity contribution in [2.24, 2.45) is 5.41 Å². The maximum absolute atomic E-state index is 11.0. The number of aliphatic hydroxyl groups is 1. The van der Waals surface area contributed by atoms with E-state index < -0.39 is 17.5 Å². The summed E-state index contributed by atoms with van der Waals surface area (Å²) < 4.78 is 9.33. The summed E-state index contributed by atoms with van der Waals surface area (Å²) in [6.45, 7) is 0.474. The highest BCUT2D eigenvalue weighted by molar-refractivity contribution is 5.76. The molecule has 1 heterocycles. The van der Waals surface area contributed by atoms with Gasteiger partial charge in [0.2, 0.25) is 0 Å². The Kier molecular flexibility index (Phi) is 2.86. The normalized spacial score (nSPS) is 29.3. The van der Waals surface area contributed by atoms with Crippen LogP contribution in [0.4, 0.5) is 0 Å². The molecule has 1 fully saturated rings. The molecule has 0 aliphatic carbocycles. The van der Waals surface area contributed by atoms with Gasteiger partial charge >= 0.3 is 5.97 Å². The molecule has 72 valence electrons. The molecule has 0 amide bonds. The van der Waals surface area contributed by atoms with Crippen molar-refractivity contribution < 1.29 is 19.4 Å². The van der Waals surface area contributed by atoms with Crippen LogP contribution >= 0.6 is 0 Å². The number of nitrogens with zero attached hydrogens (tertiary/aromatic N) is 1. The van der Waals surface area contributed by atoms with Crippen molar-refractivity contribution in [2.45, 2.75) is 12.5 Å². The minimum Gasteiger partial charge on any atom is -0.467 e. The Morgan fingerprint density at radius 3 is 2.92 bits per heavy atom. The Labute approximate surface area is 75.9 Å². The summed E-state index contributed by atoms with van der Waals surface area (Å²) >= 11 is 0. The number of esters is 1. The summed E-state index contributed by atoms with van der Waals surface area (Å²) in [7, 11) is 1.17. The molecule has 5 heteroatoms. The second kappa shape index (κ2) is 3.73. The third kappa shape index (κ3) is 1.64. The van der Waals surface area contributed by atoms with Crippen LogP contribution in [0.5, 0.6) is 0 Å². The van der Waals surface area contributed by atoms with Gasteiger partial charge in [0.05, 0.1) is 19.8 Å². The largest absolute Gasteiger partial charge is 0.467 e. The second-order valence-electron chi connectivity index (χ2n) is 3.00. The second-order valence-corrected chi connectivity index (χ2v) is 3.00. The number of aliphatic hydroxyl groups excluding tert-OH is 1. The molecule has 0 spiro atoms. The van der Waals surface area contributed by atoms with E-state index in [9.17, 15) is 9.90 Å². The Hall–Kier alpha value is -1.12. The summed E-state index contributed by atoms with van der Waals surface area (Å²) in [5.41, 5.74) is -1.12. The number of ether oxygens (including phenoxy) is 2. The number of nitriles is 1. The first-order valence-electron chi connectivity index (χ1n) is 3.91. The van der Waals surface area contributed by atoms with Gasteiger partial charge in [-0.15, -0.1) is 0 Å². The van der Waals surface area contributed by atoms with Gasteiger partial charge in [0, 0.05) is 6.61 Å². The maximum Gasteiger partial charge on any atom is 0.336 e. The molecule has 0 saturated carbocycles. The zero-order chi connectivity index (χ0) is 9.90. The molecule has 1 rings (SSSR count). The quantitative estimate of drug-likeness (QED) is 0.584. The minimum atomic E-state index is -1.41. The molecule has 0 bridgehead atoms. The van der Waals surface area contributed by atoms with Crippen LogP contribution in [-0.2, 0) is 14.3 Å². The molecule has 1 aliphatic heterocycles. The summed E-state index contributed by atoms with van der Waals surface area (Å²) in [5.74, 6) is -0.785. The molecule has 1 aliphatic rings. The molecule has 5 nitrogen and oxygen atoms in total. The van der Waals surface area contributed by atoms with Crippen molar-refractivity contribution in [1.82, 2.24) is 0 Å². The van der Waals surface area contributed by atoms with E-state index in [1.807, 2.05) is 6.07 Å². The molecule has 1 saturated heterocycles. The first-order valence-corrected chi connectivity index (χ1v) is 3.91. The fourth-order valence-corrected chi connectivity index (χ4v) is 1.28. The van der Waals surface area contributed by atoms with E-state index in [-0.39, 0.29) is 6.61 Å². The number of hydrogen-bond acceptors (Lipinski definition) is 5. The zero-order valence-corrected chi connectivity index (χ0v) is 7.32. The molecular weight excluding hydrogens is 174 g/mol. The summed E-state index contributed by atoms with van der Waals surface area (Å²) in [6, 6.07) is 1.92. The minimum absolute atomic E-state index is 0.0831. The third-order valence-electron chi connectivity index (χ3n) is 2.22. The molecule has 0 aromatic heterocycles. The van der Waals surface area contributed by atoms with E-state index in [1.165, 1.54) is 7.11 Å². The van der Waals surface area contributed by atoms with Crippen LogP contribution in [0, 0.1) is 16.7 Å². The van der Waals surface area contributed by atoms with Crippen molar-refractivity contribution in [2.75, 3.05) is 20.3 Å². The number of carbonyl (C=O) groups excluding carboxylic acids is 1. The Bertz CT molecular complexity index is 239. The van der Waals surface area contributed by atoms with Gasteiger partial charge in [-0.1, -0.05) is 0 Å². The molecule has 13 heavy (non-hydrogen) atoms. The molecule has 2 atom stereocenters.